The number of nitrogens with two attached hydrogens (primary N) is 6. The largest absolute Gasteiger partial charge is 0.508 e. The maximum absolute atomic E-state index is 14.0. The van der Waals surface area contributed by atoms with Crippen LogP contribution in [-0.2, 0) is 68.7 Å². The first-order chi connectivity index (χ1) is 36.2. The molecule has 0 aliphatic rings. The monoisotopic (exact) mass is 1110 g/mol. The number of aliphatic hydroxyl groups is 1. The second-order valence-electron chi connectivity index (χ2n) is 17.0. The second-order valence-corrected chi connectivity index (χ2v) is 18.0. The molecule has 0 radical (unpaired) electrons. The summed E-state index contributed by atoms with van der Waals surface area (Å²) in [4.78, 5) is 170. The van der Waals surface area contributed by atoms with Gasteiger partial charge in [0, 0.05) is 32.2 Å². The molecule has 8 atom stereocenters. The number of phenols is 1. The van der Waals surface area contributed by atoms with Crippen molar-refractivity contribution in [2.24, 2.45) is 39.4 Å². The number of aliphatic imine (C=N–C) groups is 1. The number of carbonyl (C=O) groups excluding carboxylic acids is 11. The number of phenolic OH excluding ortho intramolecular Hbond substituents is 1. The van der Waals surface area contributed by atoms with Crippen molar-refractivity contribution >= 4 is 94.6 Å². The minimum atomic E-state index is -2.01. The van der Waals surface area contributed by atoms with Gasteiger partial charge in [0.2, 0.25) is 65.0 Å². The maximum Gasteiger partial charge on any atom is 0.326 e. The number of rotatable bonds is 38. The van der Waals surface area contributed by atoms with Crippen molar-refractivity contribution in [2.45, 2.75) is 119 Å². The molecule has 0 bridgehead atoms. The lowest BCUT2D eigenvalue weighted by molar-refractivity contribution is -0.142. The minimum absolute atomic E-state index is 0.0113. The van der Waals surface area contributed by atoms with Crippen LogP contribution in [-0.4, -0.2) is 183 Å². The summed E-state index contributed by atoms with van der Waals surface area (Å²) in [7, 11) is 0. The number of hydrogen-bond donors (Lipinski definition) is 18. The third-order valence-electron chi connectivity index (χ3n) is 10.7. The molecule has 0 aliphatic carbocycles. The van der Waals surface area contributed by atoms with Crippen LogP contribution in [0, 0.1) is 0 Å². The Balaban J connectivity index is 3.33. The number of thioether (sulfide) groups is 1. The van der Waals surface area contributed by atoms with Gasteiger partial charge in [0.1, 0.15) is 48.0 Å². The highest BCUT2D eigenvalue weighted by Gasteiger charge is 2.34. The number of amides is 11. The summed E-state index contributed by atoms with van der Waals surface area (Å²) in [6, 6.07) is -7.75. The highest BCUT2D eigenvalue weighted by atomic mass is 32.2. The Bertz CT molecular complexity index is 2290. The first kappa shape index (κ1) is 66.7. The summed E-state index contributed by atoms with van der Waals surface area (Å²) in [5, 5.41) is 56.9. The number of hydrogen-bond acceptors (Lipinski definition) is 18. The molecule has 0 heterocycles. The van der Waals surface area contributed by atoms with Gasteiger partial charge in [0.15, 0.2) is 5.96 Å². The van der Waals surface area contributed by atoms with Gasteiger partial charge in [-0.15, -0.1) is 0 Å². The number of nitrogens with one attached hydrogen (secondary N) is 8. The molecular weight excluding hydrogens is 1040 g/mol. The molecule has 77 heavy (non-hydrogen) atoms. The zero-order valence-corrected chi connectivity index (χ0v) is 42.8. The van der Waals surface area contributed by atoms with E-state index in [1.165, 1.54) is 36.0 Å². The Kier molecular flexibility index (Phi) is 30.3. The van der Waals surface area contributed by atoms with Gasteiger partial charge < -0.3 is 97.4 Å². The smallest absolute Gasteiger partial charge is 0.326 e. The molecule has 32 nitrogen and oxygen atoms in total. The number of nitrogens with zero attached hydrogens (tertiary/aromatic N) is 1. The number of aromatic hydroxyl groups is 1. The van der Waals surface area contributed by atoms with Crippen molar-refractivity contribution in [3.8, 4) is 5.75 Å². The molecule has 0 saturated heterocycles. The second kappa shape index (κ2) is 35.0. The van der Waals surface area contributed by atoms with E-state index in [0.29, 0.717) is 11.3 Å². The number of guanidine groups is 1. The number of aliphatic carboxylic acids is 2. The lowest BCUT2D eigenvalue weighted by atomic mass is 10.0. The molecule has 1 aromatic carbocycles. The van der Waals surface area contributed by atoms with E-state index in [1.54, 1.807) is 6.26 Å². The van der Waals surface area contributed by atoms with Gasteiger partial charge in [-0.3, -0.25) is 62.5 Å². The molecule has 11 amide bonds. The quantitative estimate of drug-likeness (QED) is 0.0166. The van der Waals surface area contributed by atoms with Gasteiger partial charge in [0.25, 0.3) is 0 Å². The van der Waals surface area contributed by atoms with Crippen LogP contribution in [0.2, 0.25) is 0 Å². The molecule has 0 spiro atoms. The summed E-state index contributed by atoms with van der Waals surface area (Å²) >= 11 is 1.30. The third kappa shape index (κ3) is 27.7. The fourth-order valence-corrected chi connectivity index (χ4v) is 7.11. The van der Waals surface area contributed by atoms with E-state index >= 15 is 0 Å². The summed E-state index contributed by atoms with van der Waals surface area (Å²) < 4.78 is 0. The molecule has 33 heteroatoms. The Morgan fingerprint density at radius 2 is 1.00 bits per heavy atom. The van der Waals surface area contributed by atoms with E-state index in [4.69, 9.17) is 34.4 Å². The van der Waals surface area contributed by atoms with Crippen LogP contribution < -0.4 is 76.9 Å². The lowest BCUT2D eigenvalue weighted by Gasteiger charge is -2.26. The number of benzene rings is 1. The first-order valence-corrected chi connectivity index (χ1v) is 24.9. The predicted octanol–water partition coefficient (Wildman–Crippen LogP) is -8.07. The number of carboxylic acids is 2. The molecule has 24 N–H and O–H groups in total. The first-order valence-electron chi connectivity index (χ1n) is 23.5. The minimum Gasteiger partial charge on any atom is -0.508 e. The number of primary amides is 3. The molecule has 0 aromatic heterocycles. The van der Waals surface area contributed by atoms with E-state index in [9.17, 15) is 82.8 Å². The number of aliphatic hydroxyl groups excluding tert-OH is 1. The van der Waals surface area contributed by atoms with Crippen molar-refractivity contribution in [3.05, 3.63) is 29.8 Å². The highest BCUT2D eigenvalue weighted by Crippen LogP contribution is 2.13. The Morgan fingerprint density at radius 3 is 1.47 bits per heavy atom. The SMILES string of the molecule is CSCC[C@H](NC(=O)[C@H](CCC(N)=O)NC(=O)[C@H](Cc1ccc(O)cc1)NC(=O)[C@H](CCC(N)=O)NC(=O)CNC(=O)[C@H](CC(=O)O)NC(=O)[C@H](CO)NC(=O)[C@H](CCC(N)=O)NC(=O)[C@@H](N)CCCN=C(N)N)C(=O)O. The average Bonchev–Trinajstić information content (AvgIpc) is 3.35. The lowest BCUT2D eigenvalue weighted by Crippen LogP contribution is -2.59. The molecule has 1 rings (SSSR count). The van der Waals surface area contributed by atoms with Gasteiger partial charge in [-0.2, -0.15) is 11.8 Å². The summed E-state index contributed by atoms with van der Waals surface area (Å²) in [5.74, 6) is -14.9. The fourth-order valence-electron chi connectivity index (χ4n) is 6.64. The van der Waals surface area contributed by atoms with E-state index in [-0.39, 0.29) is 43.9 Å². The van der Waals surface area contributed by atoms with E-state index < -0.39 is 183 Å². The predicted molar refractivity (Wildman–Crippen MR) is 271 cm³/mol. The Morgan fingerprint density at radius 1 is 0.558 bits per heavy atom. The molecule has 1 aromatic rings. The number of carboxylic acid groups (broad SMARTS) is 2. The average molecular weight is 1110 g/mol. The topological polar surface area (TPSA) is 568 Å². The zero-order valence-electron chi connectivity index (χ0n) is 42.0. The van der Waals surface area contributed by atoms with Crippen LogP contribution >= 0.6 is 11.8 Å². The van der Waals surface area contributed by atoms with Crippen LogP contribution in [0.3, 0.4) is 0 Å². The van der Waals surface area contributed by atoms with Crippen molar-refractivity contribution in [1.82, 2.24) is 42.5 Å². The third-order valence-corrected chi connectivity index (χ3v) is 11.4. The fraction of sp³-hybridized carbons (Fsp3) is 0.545. The van der Waals surface area contributed by atoms with Crippen LogP contribution in [0.1, 0.15) is 69.8 Å². The molecular formula is C44H69N15O17S. The van der Waals surface area contributed by atoms with Gasteiger partial charge in [-0.05, 0) is 68.2 Å². The van der Waals surface area contributed by atoms with Gasteiger partial charge >= 0.3 is 11.9 Å². The van der Waals surface area contributed by atoms with Crippen LogP contribution in [0.4, 0.5) is 0 Å². The van der Waals surface area contributed by atoms with Gasteiger partial charge in [-0.25, -0.2) is 4.79 Å². The highest BCUT2D eigenvalue weighted by molar-refractivity contribution is 7.98. The standard InChI is InChI=1S/C44H69N15O17S/c1-77-16-14-27(43(75)76)56-39(71)26(10-13-33(48)64)55-41(73)28(17-21-4-6-22(61)7-5-21)57-38(70)24(8-11-31(46)62)53-34(65)19-52-37(69)29(18-35(66)67)58-42(74)30(20-60)59-40(72)25(9-12-32(47)63)54-36(68)23(45)3-2-15-51-44(49)50/h4-7,23-30,60-61H,2-3,8-20,45H2,1H3,(H2,46,62)(H2,47,63)(H2,48,64)(H,52,69)(H,53,65)(H,54,68)(H,55,73)(H,56,71)(H,57,70)(H,58,74)(H,59,72)(H,66,67)(H,75,76)(H4,49,50,51)/t23-,24-,25-,26-,27-,28-,29-,30-/m0/s1. The summed E-state index contributed by atoms with van der Waals surface area (Å²) in [6.45, 7) is -2.07. The summed E-state index contributed by atoms with van der Waals surface area (Å²) in [6.07, 6.45) is -2.28. The Labute approximate surface area is 444 Å². The summed E-state index contributed by atoms with van der Waals surface area (Å²) in [5.41, 5.74) is 32.6. The van der Waals surface area contributed by atoms with Gasteiger partial charge in [0.05, 0.1) is 25.6 Å². The van der Waals surface area contributed by atoms with E-state index in [0.717, 1.165) is 0 Å². The molecule has 0 unspecified atom stereocenters. The van der Waals surface area contributed by atoms with Crippen molar-refractivity contribution in [2.75, 3.05) is 31.7 Å². The molecule has 428 valence electrons. The number of carbonyl (C=O) groups is 13. The van der Waals surface area contributed by atoms with Crippen molar-refractivity contribution < 1.29 is 82.8 Å². The molecule has 0 saturated carbocycles. The maximum atomic E-state index is 14.0. The van der Waals surface area contributed by atoms with Gasteiger partial charge in [-0.1, -0.05) is 12.1 Å². The molecule has 0 fully saturated rings. The normalized spacial score (nSPS) is 13.9. The van der Waals surface area contributed by atoms with Crippen molar-refractivity contribution in [3.63, 3.8) is 0 Å². The van der Waals surface area contributed by atoms with Crippen LogP contribution in [0.5, 0.6) is 5.75 Å². The Hall–Kier alpha value is -8.33. The van der Waals surface area contributed by atoms with Crippen LogP contribution in [0.15, 0.2) is 29.3 Å². The van der Waals surface area contributed by atoms with E-state index in [1.807, 2.05) is 5.32 Å². The molecule has 0 aliphatic heterocycles. The van der Waals surface area contributed by atoms with Crippen molar-refractivity contribution in [1.29, 1.82) is 0 Å². The zero-order chi connectivity index (χ0) is 58.4. The van der Waals surface area contributed by atoms with E-state index in [2.05, 4.69) is 42.2 Å². The van der Waals surface area contributed by atoms with Crippen LogP contribution in [0.25, 0.3) is 0 Å².